The third-order valence-electron chi connectivity index (χ3n) is 5.13. The molecule has 6 heteroatoms. The Morgan fingerprint density at radius 2 is 2.15 bits per heavy atom. The standard InChI is InChI=1S/C21H24N4O2/c1-27-18-8-4-6-16(12-18)23-21(26)14-24-11-5-7-17(24)13-25-15-22-19-9-2-3-10-20(19)25/h2-4,6,8-10,12,15,17H,5,7,11,13-14H2,1H3,(H,23,26). The second kappa shape index (κ2) is 7.80. The predicted molar refractivity (Wildman–Crippen MR) is 106 cm³/mol. The Hall–Kier alpha value is -2.86. The topological polar surface area (TPSA) is 59.4 Å². The number of para-hydroxylation sites is 2. The van der Waals surface area contributed by atoms with E-state index in [1.54, 1.807) is 7.11 Å². The normalized spacial score (nSPS) is 17.3. The fourth-order valence-electron chi connectivity index (χ4n) is 3.78. The quantitative estimate of drug-likeness (QED) is 0.730. The molecule has 1 N–H and O–H groups in total. The molecule has 1 saturated heterocycles. The number of fused-ring (bicyclic) bond motifs is 1. The first-order valence-corrected chi connectivity index (χ1v) is 9.31. The van der Waals surface area contributed by atoms with Crippen LogP contribution in [0.1, 0.15) is 12.8 Å². The molecule has 1 aromatic heterocycles. The van der Waals surface area contributed by atoms with Crippen LogP contribution in [0.4, 0.5) is 5.69 Å². The lowest BCUT2D eigenvalue weighted by atomic mass is 10.2. The molecule has 140 valence electrons. The van der Waals surface area contributed by atoms with Gasteiger partial charge in [0.15, 0.2) is 0 Å². The number of anilines is 1. The highest BCUT2D eigenvalue weighted by Crippen LogP contribution is 2.22. The number of nitrogens with one attached hydrogen (secondary N) is 1. The van der Waals surface area contributed by atoms with E-state index in [1.807, 2.05) is 48.8 Å². The molecule has 2 heterocycles. The zero-order chi connectivity index (χ0) is 18.6. The van der Waals surface area contributed by atoms with Crippen molar-refractivity contribution in [2.75, 3.05) is 25.5 Å². The third kappa shape index (κ3) is 3.95. The Balaban J connectivity index is 1.40. The van der Waals surface area contributed by atoms with E-state index in [4.69, 9.17) is 4.74 Å². The zero-order valence-corrected chi connectivity index (χ0v) is 15.5. The maximum absolute atomic E-state index is 12.5. The number of rotatable bonds is 6. The van der Waals surface area contributed by atoms with Crippen LogP contribution in [0.3, 0.4) is 0 Å². The van der Waals surface area contributed by atoms with Crippen LogP contribution in [0.5, 0.6) is 5.75 Å². The van der Waals surface area contributed by atoms with Crippen molar-refractivity contribution < 1.29 is 9.53 Å². The van der Waals surface area contributed by atoms with Gasteiger partial charge < -0.3 is 14.6 Å². The van der Waals surface area contributed by atoms with E-state index in [-0.39, 0.29) is 5.91 Å². The van der Waals surface area contributed by atoms with Crippen molar-refractivity contribution in [3.8, 4) is 5.75 Å². The number of ether oxygens (including phenoxy) is 1. The second-order valence-electron chi connectivity index (χ2n) is 6.93. The molecule has 6 nitrogen and oxygen atoms in total. The molecule has 0 bridgehead atoms. The van der Waals surface area contributed by atoms with Gasteiger partial charge in [-0.1, -0.05) is 18.2 Å². The molecule has 1 atom stereocenters. The number of benzene rings is 2. The maximum Gasteiger partial charge on any atom is 0.238 e. The minimum atomic E-state index is 0.00522. The van der Waals surface area contributed by atoms with Crippen molar-refractivity contribution in [1.29, 1.82) is 0 Å². The van der Waals surface area contributed by atoms with Gasteiger partial charge in [-0.25, -0.2) is 4.98 Å². The van der Waals surface area contributed by atoms with Crippen LogP contribution >= 0.6 is 0 Å². The number of carbonyl (C=O) groups is 1. The van der Waals surface area contributed by atoms with E-state index in [9.17, 15) is 4.79 Å². The number of carbonyl (C=O) groups excluding carboxylic acids is 1. The Morgan fingerprint density at radius 1 is 1.26 bits per heavy atom. The molecule has 0 spiro atoms. The van der Waals surface area contributed by atoms with Gasteiger partial charge in [0.1, 0.15) is 5.75 Å². The van der Waals surface area contributed by atoms with Crippen LogP contribution in [0.25, 0.3) is 11.0 Å². The van der Waals surface area contributed by atoms with Crippen LogP contribution in [-0.2, 0) is 11.3 Å². The lowest BCUT2D eigenvalue weighted by Gasteiger charge is -2.24. The van der Waals surface area contributed by atoms with E-state index in [2.05, 4.69) is 25.8 Å². The third-order valence-corrected chi connectivity index (χ3v) is 5.13. The Morgan fingerprint density at radius 3 is 3.04 bits per heavy atom. The smallest absolute Gasteiger partial charge is 0.238 e. The summed E-state index contributed by atoms with van der Waals surface area (Å²) in [5.41, 5.74) is 2.92. The molecule has 2 aromatic carbocycles. The average Bonchev–Trinajstić information content (AvgIpc) is 3.29. The van der Waals surface area contributed by atoms with Gasteiger partial charge in [0.2, 0.25) is 5.91 Å². The molecular weight excluding hydrogens is 340 g/mol. The Kier molecular flexibility index (Phi) is 5.07. The van der Waals surface area contributed by atoms with Gasteiger partial charge in [-0.3, -0.25) is 9.69 Å². The lowest BCUT2D eigenvalue weighted by Crippen LogP contribution is -2.38. The minimum Gasteiger partial charge on any atom is -0.497 e. The fraction of sp³-hybridized carbons (Fsp3) is 0.333. The average molecular weight is 364 g/mol. The number of nitrogens with zero attached hydrogens (tertiary/aromatic N) is 3. The summed E-state index contributed by atoms with van der Waals surface area (Å²) < 4.78 is 7.40. The van der Waals surface area contributed by atoms with Gasteiger partial charge in [-0.05, 0) is 43.7 Å². The summed E-state index contributed by atoms with van der Waals surface area (Å²) >= 11 is 0. The first-order valence-electron chi connectivity index (χ1n) is 9.31. The summed E-state index contributed by atoms with van der Waals surface area (Å²) in [6.45, 7) is 2.20. The molecule has 1 aliphatic heterocycles. The van der Waals surface area contributed by atoms with Crippen molar-refractivity contribution in [1.82, 2.24) is 14.5 Å². The molecular formula is C21H24N4O2. The van der Waals surface area contributed by atoms with Crippen LogP contribution in [0.2, 0.25) is 0 Å². The summed E-state index contributed by atoms with van der Waals surface area (Å²) in [7, 11) is 1.62. The molecule has 4 rings (SSSR count). The first kappa shape index (κ1) is 17.5. The van der Waals surface area contributed by atoms with E-state index < -0.39 is 0 Å². The number of amides is 1. The number of likely N-dealkylation sites (tertiary alicyclic amines) is 1. The monoisotopic (exact) mass is 364 g/mol. The van der Waals surface area contributed by atoms with Crippen molar-refractivity contribution in [2.45, 2.75) is 25.4 Å². The van der Waals surface area contributed by atoms with Gasteiger partial charge in [0, 0.05) is 24.3 Å². The van der Waals surface area contributed by atoms with E-state index in [0.717, 1.165) is 48.4 Å². The zero-order valence-electron chi connectivity index (χ0n) is 15.5. The van der Waals surface area contributed by atoms with Crippen LogP contribution < -0.4 is 10.1 Å². The van der Waals surface area contributed by atoms with Gasteiger partial charge in [0.25, 0.3) is 0 Å². The highest BCUT2D eigenvalue weighted by atomic mass is 16.5. The van der Waals surface area contributed by atoms with Gasteiger partial charge in [-0.15, -0.1) is 0 Å². The van der Waals surface area contributed by atoms with Crippen LogP contribution in [0, 0.1) is 0 Å². The SMILES string of the molecule is COc1cccc(NC(=O)CN2CCCC2Cn2cnc3ccccc32)c1. The lowest BCUT2D eigenvalue weighted by molar-refractivity contribution is -0.117. The largest absolute Gasteiger partial charge is 0.497 e. The highest BCUT2D eigenvalue weighted by Gasteiger charge is 2.27. The second-order valence-corrected chi connectivity index (χ2v) is 6.93. The number of hydrogen-bond acceptors (Lipinski definition) is 4. The van der Waals surface area contributed by atoms with Crippen LogP contribution in [0.15, 0.2) is 54.9 Å². The van der Waals surface area contributed by atoms with Gasteiger partial charge in [-0.2, -0.15) is 0 Å². The number of methoxy groups -OCH3 is 1. The molecule has 3 aromatic rings. The van der Waals surface area contributed by atoms with Gasteiger partial charge >= 0.3 is 0 Å². The highest BCUT2D eigenvalue weighted by molar-refractivity contribution is 5.92. The Bertz CT molecular complexity index is 937. The van der Waals surface area contributed by atoms with E-state index in [1.165, 1.54) is 0 Å². The van der Waals surface area contributed by atoms with Crippen molar-refractivity contribution in [3.63, 3.8) is 0 Å². The summed E-state index contributed by atoms with van der Waals surface area (Å²) in [6.07, 6.45) is 4.11. The van der Waals surface area contributed by atoms with E-state index in [0.29, 0.717) is 12.6 Å². The van der Waals surface area contributed by atoms with Crippen molar-refractivity contribution >= 4 is 22.6 Å². The minimum absolute atomic E-state index is 0.00522. The molecule has 1 amide bonds. The Labute approximate surface area is 158 Å². The summed E-state index contributed by atoms with van der Waals surface area (Å²) in [4.78, 5) is 19.3. The molecule has 0 radical (unpaired) electrons. The summed E-state index contributed by atoms with van der Waals surface area (Å²) in [5.74, 6) is 0.740. The summed E-state index contributed by atoms with van der Waals surface area (Å²) in [5, 5.41) is 2.97. The molecule has 0 aliphatic carbocycles. The van der Waals surface area contributed by atoms with Crippen LogP contribution in [-0.4, -0.2) is 46.6 Å². The fourth-order valence-corrected chi connectivity index (χ4v) is 3.78. The molecule has 0 saturated carbocycles. The van der Waals surface area contributed by atoms with Crippen molar-refractivity contribution in [3.05, 3.63) is 54.9 Å². The van der Waals surface area contributed by atoms with Gasteiger partial charge in [0.05, 0.1) is 31.0 Å². The maximum atomic E-state index is 12.5. The summed E-state index contributed by atoms with van der Waals surface area (Å²) in [6, 6.07) is 15.9. The van der Waals surface area contributed by atoms with E-state index >= 15 is 0 Å². The van der Waals surface area contributed by atoms with Crippen molar-refractivity contribution in [2.24, 2.45) is 0 Å². The predicted octanol–water partition coefficient (Wildman–Crippen LogP) is 3.15. The first-order chi connectivity index (χ1) is 13.2. The molecule has 27 heavy (non-hydrogen) atoms. The number of imidazole rings is 1. The molecule has 1 aliphatic rings. The number of aromatic nitrogens is 2. The number of hydrogen-bond donors (Lipinski definition) is 1. The molecule has 1 unspecified atom stereocenters. The molecule has 1 fully saturated rings.